The Hall–Kier alpha value is -0.330. The van der Waals surface area contributed by atoms with E-state index in [1.54, 1.807) is 19.1 Å². The van der Waals surface area contributed by atoms with Crippen molar-refractivity contribution in [1.82, 2.24) is 10.0 Å². The van der Waals surface area contributed by atoms with E-state index in [1.807, 2.05) is 7.05 Å². The molecule has 0 aliphatic heterocycles. The van der Waals surface area contributed by atoms with Crippen LogP contribution in [0.15, 0.2) is 23.1 Å². The molecule has 0 aromatic heterocycles. The van der Waals surface area contributed by atoms with Crippen LogP contribution in [0.2, 0.25) is 5.02 Å². The third kappa shape index (κ3) is 5.12. The molecule has 18 heavy (non-hydrogen) atoms. The topological polar surface area (TPSA) is 58.2 Å². The molecule has 0 spiro atoms. The number of nitrogens with one attached hydrogen (secondary N) is 2. The summed E-state index contributed by atoms with van der Waals surface area (Å²) >= 11 is 5.80. The van der Waals surface area contributed by atoms with Crippen molar-refractivity contribution in [2.45, 2.75) is 18.2 Å². The van der Waals surface area contributed by atoms with E-state index in [0.717, 1.165) is 13.0 Å². The van der Waals surface area contributed by atoms with Crippen molar-refractivity contribution in [1.29, 1.82) is 0 Å². The van der Waals surface area contributed by atoms with Crippen molar-refractivity contribution in [3.8, 4) is 0 Å². The third-order valence-corrected chi connectivity index (χ3v) is 4.17. The van der Waals surface area contributed by atoms with Gasteiger partial charge in [-0.05, 0) is 44.6 Å². The van der Waals surface area contributed by atoms with Gasteiger partial charge in [0.25, 0.3) is 0 Å². The van der Waals surface area contributed by atoms with Gasteiger partial charge in [0.15, 0.2) is 0 Å². The van der Waals surface area contributed by atoms with Crippen molar-refractivity contribution < 1.29 is 8.42 Å². The summed E-state index contributed by atoms with van der Waals surface area (Å²) in [5.41, 5.74) is 0.690. The van der Waals surface area contributed by atoms with Crippen LogP contribution in [-0.2, 0) is 10.0 Å². The number of benzene rings is 1. The second kappa shape index (κ2) is 7.96. The first-order valence-electron chi connectivity index (χ1n) is 5.38. The minimum Gasteiger partial charge on any atom is -0.320 e. The third-order valence-electron chi connectivity index (χ3n) is 2.34. The van der Waals surface area contributed by atoms with Crippen LogP contribution in [-0.4, -0.2) is 28.6 Å². The average Bonchev–Trinajstić information content (AvgIpc) is 2.28. The van der Waals surface area contributed by atoms with E-state index in [0.29, 0.717) is 17.1 Å². The molecule has 0 fully saturated rings. The zero-order valence-electron chi connectivity index (χ0n) is 10.4. The molecular weight excluding hydrogens is 295 g/mol. The molecule has 104 valence electrons. The van der Waals surface area contributed by atoms with Gasteiger partial charge in [0.1, 0.15) is 0 Å². The lowest BCUT2D eigenvalue weighted by Gasteiger charge is -2.09. The largest absolute Gasteiger partial charge is 0.320 e. The molecule has 4 nitrogen and oxygen atoms in total. The molecule has 0 aliphatic carbocycles. The van der Waals surface area contributed by atoms with Gasteiger partial charge in [0.05, 0.1) is 4.90 Å². The molecule has 7 heteroatoms. The van der Waals surface area contributed by atoms with Gasteiger partial charge in [-0.3, -0.25) is 0 Å². The molecule has 0 unspecified atom stereocenters. The second-order valence-corrected chi connectivity index (χ2v) is 5.94. The molecule has 0 saturated heterocycles. The Morgan fingerprint density at radius 2 is 1.94 bits per heavy atom. The normalized spacial score (nSPS) is 11.1. The van der Waals surface area contributed by atoms with Crippen molar-refractivity contribution in [3.63, 3.8) is 0 Å². The molecular formula is C11H18Cl2N2O2S. The van der Waals surface area contributed by atoms with E-state index in [4.69, 9.17) is 11.6 Å². The highest BCUT2D eigenvalue weighted by Crippen LogP contribution is 2.19. The summed E-state index contributed by atoms with van der Waals surface area (Å²) in [5, 5.41) is 3.38. The molecule has 1 aromatic carbocycles. The van der Waals surface area contributed by atoms with Gasteiger partial charge in [0.2, 0.25) is 10.0 Å². The fraction of sp³-hybridized carbons (Fsp3) is 0.455. The monoisotopic (exact) mass is 312 g/mol. The van der Waals surface area contributed by atoms with Gasteiger partial charge in [-0.25, -0.2) is 13.1 Å². The molecule has 0 bridgehead atoms. The summed E-state index contributed by atoms with van der Waals surface area (Å²) in [6.45, 7) is 2.94. The van der Waals surface area contributed by atoms with Gasteiger partial charge in [0, 0.05) is 11.6 Å². The lowest BCUT2D eigenvalue weighted by Crippen LogP contribution is -2.27. The number of rotatable bonds is 6. The number of sulfonamides is 1. The van der Waals surface area contributed by atoms with E-state index in [2.05, 4.69) is 10.0 Å². The zero-order valence-corrected chi connectivity index (χ0v) is 12.8. The van der Waals surface area contributed by atoms with Crippen LogP contribution in [0.5, 0.6) is 0 Å². The summed E-state index contributed by atoms with van der Waals surface area (Å²) in [7, 11) is -1.63. The molecule has 2 N–H and O–H groups in total. The van der Waals surface area contributed by atoms with Gasteiger partial charge in [-0.2, -0.15) is 0 Å². The molecule has 0 heterocycles. The van der Waals surface area contributed by atoms with Crippen LogP contribution >= 0.6 is 24.0 Å². The molecule has 0 saturated carbocycles. The van der Waals surface area contributed by atoms with E-state index in [9.17, 15) is 8.42 Å². The zero-order chi connectivity index (χ0) is 12.9. The Labute approximate surface area is 120 Å². The number of halogens is 2. The predicted octanol–water partition coefficient (Wildman–Crippen LogP) is 1.96. The standard InChI is InChI=1S/C11H17ClN2O2S.ClH/c1-9-4-5-10(12)8-11(9)17(15,16)14-7-3-6-13-2;/h4-5,8,13-14H,3,6-7H2,1-2H3;1H. The fourth-order valence-electron chi connectivity index (χ4n) is 1.41. The Morgan fingerprint density at radius 3 is 2.56 bits per heavy atom. The van der Waals surface area contributed by atoms with Crippen LogP contribution in [0, 0.1) is 6.92 Å². The maximum atomic E-state index is 12.0. The molecule has 0 radical (unpaired) electrons. The summed E-state index contributed by atoms with van der Waals surface area (Å²) in [6, 6.07) is 4.85. The average molecular weight is 313 g/mol. The summed E-state index contributed by atoms with van der Waals surface area (Å²) < 4.78 is 26.5. The minimum atomic E-state index is -3.46. The maximum absolute atomic E-state index is 12.0. The van der Waals surface area contributed by atoms with Crippen LogP contribution in [0.1, 0.15) is 12.0 Å². The first-order chi connectivity index (χ1) is 7.97. The first kappa shape index (κ1) is 17.7. The molecule has 0 atom stereocenters. The lowest BCUT2D eigenvalue weighted by atomic mass is 10.2. The van der Waals surface area contributed by atoms with Gasteiger partial charge in [-0.15, -0.1) is 12.4 Å². The Kier molecular flexibility index (Phi) is 7.82. The molecule has 0 amide bonds. The Bertz CT molecular complexity index is 478. The van der Waals surface area contributed by atoms with Crippen LogP contribution in [0.4, 0.5) is 0 Å². The number of hydrogen-bond acceptors (Lipinski definition) is 3. The summed E-state index contributed by atoms with van der Waals surface area (Å²) in [6.07, 6.45) is 0.745. The quantitative estimate of drug-likeness (QED) is 0.789. The van der Waals surface area contributed by atoms with Crippen LogP contribution < -0.4 is 10.0 Å². The maximum Gasteiger partial charge on any atom is 0.240 e. The highest BCUT2D eigenvalue weighted by Gasteiger charge is 2.16. The van der Waals surface area contributed by atoms with E-state index in [-0.39, 0.29) is 17.3 Å². The number of aryl methyl sites for hydroxylation is 1. The van der Waals surface area contributed by atoms with Crippen molar-refractivity contribution in [3.05, 3.63) is 28.8 Å². The second-order valence-electron chi connectivity index (χ2n) is 3.76. The lowest BCUT2D eigenvalue weighted by molar-refractivity contribution is 0.576. The van der Waals surface area contributed by atoms with Crippen molar-refractivity contribution in [2.75, 3.05) is 20.1 Å². The number of hydrogen-bond donors (Lipinski definition) is 2. The highest BCUT2D eigenvalue weighted by atomic mass is 35.5. The van der Waals surface area contributed by atoms with Gasteiger partial charge in [-0.1, -0.05) is 17.7 Å². The van der Waals surface area contributed by atoms with Crippen LogP contribution in [0.25, 0.3) is 0 Å². The SMILES string of the molecule is CNCCCNS(=O)(=O)c1cc(Cl)ccc1C.Cl. The Morgan fingerprint density at radius 1 is 1.28 bits per heavy atom. The Balaban J connectivity index is 0.00000289. The van der Waals surface area contributed by atoms with Gasteiger partial charge >= 0.3 is 0 Å². The summed E-state index contributed by atoms with van der Waals surface area (Å²) in [4.78, 5) is 0.245. The van der Waals surface area contributed by atoms with Crippen molar-refractivity contribution in [2.24, 2.45) is 0 Å². The first-order valence-corrected chi connectivity index (χ1v) is 7.24. The smallest absolute Gasteiger partial charge is 0.240 e. The summed E-state index contributed by atoms with van der Waals surface area (Å²) in [5.74, 6) is 0. The van der Waals surface area contributed by atoms with E-state index >= 15 is 0 Å². The predicted molar refractivity (Wildman–Crippen MR) is 77.2 cm³/mol. The minimum absolute atomic E-state index is 0. The van der Waals surface area contributed by atoms with Gasteiger partial charge < -0.3 is 5.32 Å². The molecule has 1 rings (SSSR count). The molecule has 1 aromatic rings. The van der Waals surface area contributed by atoms with E-state index < -0.39 is 10.0 Å². The molecule has 0 aliphatic rings. The van der Waals surface area contributed by atoms with E-state index in [1.165, 1.54) is 6.07 Å². The fourth-order valence-corrected chi connectivity index (χ4v) is 2.99. The highest BCUT2D eigenvalue weighted by molar-refractivity contribution is 7.89. The van der Waals surface area contributed by atoms with Crippen LogP contribution in [0.3, 0.4) is 0 Å². The van der Waals surface area contributed by atoms with Crippen molar-refractivity contribution >= 4 is 34.0 Å².